The van der Waals surface area contributed by atoms with Gasteiger partial charge in [-0.25, -0.2) is 9.97 Å². The predicted molar refractivity (Wildman–Crippen MR) is 274 cm³/mol. The molecule has 0 saturated carbocycles. The first-order chi connectivity index (χ1) is 36.1. The van der Waals surface area contributed by atoms with Gasteiger partial charge in [0, 0.05) is 11.1 Å². The summed E-state index contributed by atoms with van der Waals surface area (Å²) in [6, 6.07) is 24.7. The summed E-state index contributed by atoms with van der Waals surface area (Å²) in [5.41, 5.74) is 2.41. The van der Waals surface area contributed by atoms with Crippen molar-refractivity contribution < 1.29 is 76.0 Å². The second kappa shape index (κ2) is 22.0. The Hall–Kier alpha value is -7.53. The molecule has 2 aromatic carbocycles. The van der Waals surface area contributed by atoms with Crippen LogP contribution in [-0.4, -0.2) is 165 Å². The number of hydrogen-bond donors (Lipinski definition) is 6. The fraction of sp³-hybridized carbons (Fsp3) is 0.423. The number of aromatic nitrogens is 2. The Morgan fingerprint density at radius 1 is 0.500 bits per heavy atom. The number of hydrogen-bond acceptors (Lipinski definition) is 16. The van der Waals surface area contributed by atoms with E-state index in [4.69, 9.17) is 18.6 Å². The van der Waals surface area contributed by atoms with Crippen LogP contribution in [-0.2, 0) is 47.4 Å². The van der Waals surface area contributed by atoms with E-state index in [-0.39, 0.29) is 49.2 Å². The van der Waals surface area contributed by atoms with Crippen LogP contribution in [0.3, 0.4) is 0 Å². The van der Waals surface area contributed by atoms with Gasteiger partial charge in [0.05, 0.1) is 48.6 Å². The lowest BCUT2D eigenvalue weighted by Crippen LogP contribution is -2.78. The maximum absolute atomic E-state index is 14.4. The van der Waals surface area contributed by atoms with Crippen LogP contribution in [0.2, 0.25) is 0 Å². The Balaban J connectivity index is 1.06. The molecule has 4 amide bonds. The van der Waals surface area contributed by atoms with Crippen molar-refractivity contribution in [3.8, 4) is 22.5 Å². The largest absolute Gasteiger partial charge is 0.605 e. The number of pyridine rings is 2. The number of quaternary nitrogens is 2. The molecule has 22 nitrogen and oxygen atoms in total. The molecule has 6 atom stereocenters. The molecule has 6 heterocycles. The van der Waals surface area contributed by atoms with Gasteiger partial charge in [0.1, 0.15) is 49.7 Å². The minimum absolute atomic E-state index is 0.0337. The lowest BCUT2D eigenvalue weighted by molar-refractivity contribution is -0.875. The highest BCUT2D eigenvalue weighted by molar-refractivity contribution is 6.68. The van der Waals surface area contributed by atoms with Crippen molar-refractivity contribution in [2.45, 2.75) is 90.6 Å². The Morgan fingerprint density at radius 3 is 1.13 bits per heavy atom. The highest BCUT2D eigenvalue weighted by Gasteiger charge is 2.74. The Kier molecular flexibility index (Phi) is 15.8. The molecule has 4 fully saturated rings. The molecule has 2 aromatic heterocycles. The number of fused-ring (bicyclic) bond motifs is 2. The van der Waals surface area contributed by atoms with Gasteiger partial charge >= 0.3 is 37.3 Å². The number of aliphatic hydroxyl groups is 2. The first-order valence-electron chi connectivity index (χ1n) is 25.6. The van der Waals surface area contributed by atoms with E-state index >= 15 is 0 Å². The number of nitrogens with zero attached hydrogens (tertiary/aromatic N) is 4. The van der Waals surface area contributed by atoms with E-state index in [2.05, 4.69) is 31.2 Å². The molecule has 76 heavy (non-hydrogen) atoms. The van der Waals surface area contributed by atoms with E-state index in [0.29, 0.717) is 11.4 Å². The van der Waals surface area contributed by atoms with Gasteiger partial charge in [0.15, 0.2) is 0 Å². The topological polar surface area (TPSA) is 288 Å². The molecular weight excluding hydrogens is 982 g/mol. The molecule has 0 unspecified atom stereocenters. The third-order valence-corrected chi connectivity index (χ3v) is 14.8. The van der Waals surface area contributed by atoms with Gasteiger partial charge < -0.3 is 58.9 Å². The van der Waals surface area contributed by atoms with Crippen LogP contribution < -0.4 is 21.3 Å². The normalized spacial score (nSPS) is 24.9. The SMILES string of the molecule is CC(C)C[C@H](NC(=O)[C@@H](NC(=O)c1cccc(-c2ccccc2)n1)[C@H](C)O)[B-]12OC(=O)C[N+]1(CC[N+]13CC(=O)O[B-]1([C@H](CC(C)C)NC(=O)[C@@H](NC(=O)c1cccc(-c4ccccc4)n1)[C@H](C)O)OC(=O)C3)CC(=O)O2. The number of rotatable bonds is 21. The van der Waals surface area contributed by atoms with Gasteiger partial charge in [-0.2, -0.15) is 0 Å². The number of carbonyl (C=O) groups is 8. The first kappa shape index (κ1) is 54.7. The first-order valence-corrected chi connectivity index (χ1v) is 25.6. The standard InChI is InChI=1S/C52H64B2N8O14/c1-31(2)25-41(57-51(71)47(33(5)63)59-49(69)39-21-13-19-37(55-39)35-15-9-7-10-16-35)53-61(27-43(65)73-53,28-44(66)74-53)23-24-62-29-45(67)75-54(62,76-46(68)30-62)42(26-32(3)4)58-52(72)48(34(6)64)60-50(70)40-22-14-20-38(56-40)36-17-11-8-12-18-36/h7-22,31-34,41-42,47-48,63-64H,23-30H2,1-6H3,(H,57,71)(H,58,72)(H,59,69)(H,60,70)/t33-,34-,41-,42-,47-,48-,53?,54?,61?,62?/m0/s1. The quantitative estimate of drug-likeness (QED) is 0.0643. The van der Waals surface area contributed by atoms with Crippen molar-refractivity contribution in [3.05, 3.63) is 108 Å². The summed E-state index contributed by atoms with van der Waals surface area (Å²) in [7, 11) is 0. The van der Waals surface area contributed by atoms with Crippen molar-refractivity contribution in [3.63, 3.8) is 0 Å². The van der Waals surface area contributed by atoms with Crippen molar-refractivity contribution in [1.82, 2.24) is 31.2 Å². The zero-order valence-electron chi connectivity index (χ0n) is 43.3. The Labute approximate surface area is 439 Å². The summed E-state index contributed by atoms with van der Waals surface area (Å²) < 4.78 is 23.4. The van der Waals surface area contributed by atoms with E-state index in [1.807, 2.05) is 88.4 Å². The molecular formula is C52H64B2N8O14. The van der Waals surface area contributed by atoms with E-state index in [9.17, 15) is 48.6 Å². The minimum atomic E-state index is -3.21. The molecule has 4 aliphatic heterocycles. The van der Waals surface area contributed by atoms with Crippen LogP contribution in [0.5, 0.6) is 0 Å². The summed E-state index contributed by atoms with van der Waals surface area (Å²) in [6.45, 7) is 1.46. The van der Waals surface area contributed by atoms with E-state index in [1.54, 1.807) is 24.3 Å². The zero-order valence-corrected chi connectivity index (χ0v) is 43.3. The summed E-state index contributed by atoms with van der Waals surface area (Å²) in [5, 5.41) is 32.9. The minimum Gasteiger partial charge on any atom is -0.599 e. The monoisotopic (exact) mass is 1050 g/mol. The second-order valence-corrected chi connectivity index (χ2v) is 21.4. The maximum atomic E-state index is 14.4. The summed E-state index contributed by atoms with van der Waals surface area (Å²) in [5.74, 6) is -9.29. The van der Waals surface area contributed by atoms with Crippen molar-refractivity contribution >= 4 is 60.9 Å². The van der Waals surface area contributed by atoms with E-state index in [0.717, 1.165) is 11.1 Å². The number of nitrogens with one attached hydrogen (secondary N) is 4. The van der Waals surface area contributed by atoms with Gasteiger partial charge in [-0.15, -0.1) is 0 Å². The molecule has 4 saturated heterocycles. The fourth-order valence-electron chi connectivity index (χ4n) is 11.3. The van der Waals surface area contributed by atoms with E-state index in [1.165, 1.54) is 26.0 Å². The smallest absolute Gasteiger partial charge is 0.599 e. The van der Waals surface area contributed by atoms with E-state index < -0.39 is 132 Å². The molecule has 402 valence electrons. The summed E-state index contributed by atoms with van der Waals surface area (Å²) >= 11 is 0. The Morgan fingerprint density at radius 2 is 0.829 bits per heavy atom. The maximum Gasteiger partial charge on any atom is 0.605 e. The summed E-state index contributed by atoms with van der Waals surface area (Å²) in [4.78, 5) is 120. The highest BCUT2D eigenvalue weighted by atomic mass is 16.7. The molecule has 0 radical (unpaired) electrons. The van der Waals surface area contributed by atoms with Crippen molar-refractivity contribution in [2.24, 2.45) is 11.8 Å². The van der Waals surface area contributed by atoms with Gasteiger partial charge in [-0.3, -0.25) is 38.4 Å². The number of carbonyl (C=O) groups excluding carboxylic acids is 8. The molecule has 8 rings (SSSR count). The van der Waals surface area contributed by atoms with Crippen LogP contribution in [0.15, 0.2) is 97.1 Å². The molecule has 0 aliphatic carbocycles. The van der Waals surface area contributed by atoms with Crippen LogP contribution in [0.4, 0.5) is 0 Å². The lowest BCUT2D eigenvalue weighted by Gasteiger charge is -2.52. The van der Waals surface area contributed by atoms with Crippen molar-refractivity contribution in [1.29, 1.82) is 0 Å². The van der Waals surface area contributed by atoms with Gasteiger partial charge in [0.2, 0.25) is 11.8 Å². The molecule has 24 heteroatoms. The number of benzene rings is 2. The molecule has 6 N–H and O–H groups in total. The van der Waals surface area contributed by atoms with Crippen LogP contribution in [0.1, 0.15) is 75.4 Å². The van der Waals surface area contributed by atoms with Gasteiger partial charge in [0.25, 0.3) is 11.8 Å². The zero-order chi connectivity index (χ0) is 54.7. The van der Waals surface area contributed by atoms with Gasteiger partial charge in [-0.1, -0.05) is 100 Å². The van der Waals surface area contributed by atoms with Crippen LogP contribution in [0.25, 0.3) is 22.5 Å². The second-order valence-electron chi connectivity index (χ2n) is 21.4. The predicted octanol–water partition coefficient (Wildman–Crippen LogP) is 1.35. The summed E-state index contributed by atoms with van der Waals surface area (Å²) in [6.07, 6.45) is -2.78. The molecule has 4 aliphatic rings. The van der Waals surface area contributed by atoms with Crippen LogP contribution >= 0.6 is 0 Å². The Bertz CT molecular complexity index is 2660. The molecule has 4 aromatic rings. The average molecular weight is 1050 g/mol. The number of aliphatic hydroxyl groups excluding tert-OH is 2. The molecule has 0 bridgehead atoms. The molecule has 0 spiro atoms. The van der Waals surface area contributed by atoms with Gasteiger partial charge in [-0.05, 0) is 62.8 Å². The third kappa shape index (κ3) is 10.9. The lowest BCUT2D eigenvalue weighted by atomic mass is 9.56. The highest BCUT2D eigenvalue weighted by Crippen LogP contribution is 2.44. The number of amides is 4. The third-order valence-electron chi connectivity index (χ3n) is 14.8. The fourth-order valence-corrected chi connectivity index (χ4v) is 11.3. The van der Waals surface area contributed by atoms with Crippen LogP contribution in [0, 0.1) is 11.8 Å². The average Bonchev–Trinajstić information content (AvgIpc) is 4.12. The van der Waals surface area contributed by atoms with Crippen molar-refractivity contribution in [2.75, 3.05) is 39.3 Å².